The van der Waals surface area contributed by atoms with Gasteiger partial charge in [-0.1, -0.05) is 17.7 Å². The van der Waals surface area contributed by atoms with E-state index < -0.39 is 21.4 Å². The van der Waals surface area contributed by atoms with E-state index in [0.29, 0.717) is 0 Å². The largest absolute Gasteiger partial charge is 0.396 e. The molecule has 0 atom stereocenters. The van der Waals surface area contributed by atoms with Gasteiger partial charge in [-0.2, -0.15) is 0 Å². The molecule has 0 saturated heterocycles. The zero-order valence-electron chi connectivity index (χ0n) is 9.68. The van der Waals surface area contributed by atoms with Crippen molar-refractivity contribution >= 4 is 27.1 Å². The van der Waals surface area contributed by atoms with Crippen LogP contribution in [0.5, 0.6) is 0 Å². The third-order valence-corrected chi connectivity index (χ3v) is 4.44. The van der Waals surface area contributed by atoms with Crippen molar-refractivity contribution in [2.75, 3.05) is 5.73 Å². The highest BCUT2D eigenvalue weighted by atomic mass is 35.5. The Hall–Kier alpha value is -1.66. The highest BCUT2D eigenvalue weighted by molar-refractivity contribution is 7.90. The molecule has 2 aromatic rings. The first-order chi connectivity index (χ1) is 8.92. The first-order valence-electron chi connectivity index (χ1n) is 5.28. The minimum Gasteiger partial charge on any atom is -0.396 e. The summed E-state index contributed by atoms with van der Waals surface area (Å²) < 4.78 is 37.9. The molecule has 0 aliphatic heterocycles. The Morgan fingerprint density at radius 3 is 2.63 bits per heavy atom. The van der Waals surface area contributed by atoms with E-state index in [0.717, 1.165) is 6.07 Å². The molecule has 0 radical (unpaired) electrons. The molecule has 1 heterocycles. The Kier molecular flexibility index (Phi) is 3.73. The normalized spacial score (nSPS) is 11.5. The van der Waals surface area contributed by atoms with Gasteiger partial charge in [-0.25, -0.2) is 17.8 Å². The first kappa shape index (κ1) is 13.8. The highest BCUT2D eigenvalue weighted by Crippen LogP contribution is 2.25. The van der Waals surface area contributed by atoms with E-state index in [9.17, 15) is 12.8 Å². The maximum absolute atomic E-state index is 13.6. The van der Waals surface area contributed by atoms with E-state index in [1.165, 1.54) is 30.5 Å². The van der Waals surface area contributed by atoms with Crippen LogP contribution >= 0.6 is 11.6 Å². The van der Waals surface area contributed by atoms with Gasteiger partial charge in [0.2, 0.25) is 9.84 Å². The van der Waals surface area contributed by atoms with Crippen LogP contribution < -0.4 is 5.73 Å². The fourth-order valence-electron chi connectivity index (χ4n) is 1.59. The van der Waals surface area contributed by atoms with E-state index >= 15 is 0 Å². The molecule has 0 amide bonds. The second kappa shape index (κ2) is 5.14. The summed E-state index contributed by atoms with van der Waals surface area (Å²) in [6.45, 7) is 0. The van der Waals surface area contributed by atoms with Crippen LogP contribution in [0.2, 0.25) is 5.02 Å². The van der Waals surface area contributed by atoms with E-state index in [2.05, 4.69) is 4.98 Å². The molecule has 0 aliphatic rings. The second-order valence-corrected chi connectivity index (χ2v) is 6.17. The van der Waals surface area contributed by atoms with Crippen LogP contribution in [-0.2, 0) is 15.6 Å². The Morgan fingerprint density at radius 2 is 2.00 bits per heavy atom. The van der Waals surface area contributed by atoms with Crippen molar-refractivity contribution in [3.63, 3.8) is 0 Å². The second-order valence-electron chi connectivity index (χ2n) is 3.86. The molecule has 1 aromatic carbocycles. The van der Waals surface area contributed by atoms with Crippen molar-refractivity contribution in [3.05, 3.63) is 52.9 Å². The van der Waals surface area contributed by atoms with Gasteiger partial charge in [0.1, 0.15) is 5.82 Å². The maximum Gasteiger partial charge on any atom is 0.201 e. The molecular formula is C12H10ClFN2O2S. The lowest BCUT2D eigenvalue weighted by Gasteiger charge is -2.08. The summed E-state index contributed by atoms with van der Waals surface area (Å²) >= 11 is 5.81. The summed E-state index contributed by atoms with van der Waals surface area (Å²) in [4.78, 5) is 3.73. The molecule has 4 nitrogen and oxygen atoms in total. The van der Waals surface area contributed by atoms with Crippen LogP contribution in [0.4, 0.5) is 10.1 Å². The third kappa shape index (κ3) is 2.85. The molecule has 19 heavy (non-hydrogen) atoms. The summed E-state index contributed by atoms with van der Waals surface area (Å²) in [5, 5.41) is -0.215. The number of hydrogen-bond donors (Lipinski definition) is 1. The number of nitrogen functional groups attached to an aromatic ring is 1. The molecular weight excluding hydrogens is 291 g/mol. The van der Waals surface area contributed by atoms with Gasteiger partial charge in [0.05, 0.1) is 11.4 Å². The smallest absolute Gasteiger partial charge is 0.201 e. The number of rotatable bonds is 3. The number of halogens is 2. The predicted octanol–water partition coefficient (Wildman–Crippen LogP) is 2.43. The van der Waals surface area contributed by atoms with Gasteiger partial charge in [0.25, 0.3) is 0 Å². The molecule has 2 N–H and O–H groups in total. The van der Waals surface area contributed by atoms with Crippen molar-refractivity contribution < 1.29 is 12.8 Å². The minimum atomic E-state index is -3.85. The van der Waals surface area contributed by atoms with Crippen LogP contribution in [-0.4, -0.2) is 13.4 Å². The highest BCUT2D eigenvalue weighted by Gasteiger charge is 2.22. The number of nitrogens with two attached hydrogens (primary N) is 1. The zero-order chi connectivity index (χ0) is 14.0. The molecule has 0 unspecified atom stereocenters. The van der Waals surface area contributed by atoms with Crippen molar-refractivity contribution in [1.29, 1.82) is 0 Å². The summed E-state index contributed by atoms with van der Waals surface area (Å²) in [6, 6.07) is 6.92. The van der Waals surface area contributed by atoms with Crippen LogP contribution in [0.25, 0.3) is 0 Å². The molecule has 0 saturated carbocycles. The Balaban J connectivity index is 2.46. The van der Waals surface area contributed by atoms with E-state index in [1.54, 1.807) is 0 Å². The van der Waals surface area contributed by atoms with E-state index in [4.69, 9.17) is 17.3 Å². The SMILES string of the molecule is Nc1cccnc1S(=O)(=O)Cc1c(F)cccc1Cl. The number of nitrogens with zero attached hydrogens (tertiary/aromatic N) is 1. The van der Waals surface area contributed by atoms with Crippen LogP contribution in [0.1, 0.15) is 5.56 Å². The van der Waals surface area contributed by atoms with Crippen LogP contribution in [0.3, 0.4) is 0 Å². The lowest BCUT2D eigenvalue weighted by atomic mass is 10.2. The monoisotopic (exact) mass is 300 g/mol. The molecule has 0 bridgehead atoms. The van der Waals surface area contributed by atoms with Crippen molar-refractivity contribution in [3.8, 4) is 0 Å². The number of pyridine rings is 1. The summed E-state index contributed by atoms with van der Waals surface area (Å²) in [5.74, 6) is -1.26. The first-order valence-corrected chi connectivity index (χ1v) is 7.31. The predicted molar refractivity (Wildman–Crippen MR) is 70.9 cm³/mol. The van der Waals surface area contributed by atoms with E-state index in [-0.39, 0.29) is 21.3 Å². The molecule has 1 aromatic heterocycles. The summed E-state index contributed by atoms with van der Waals surface area (Å²) in [6.07, 6.45) is 1.31. The molecule has 7 heteroatoms. The molecule has 0 fully saturated rings. The van der Waals surface area contributed by atoms with Crippen LogP contribution in [0, 0.1) is 5.82 Å². The molecule has 0 spiro atoms. The number of anilines is 1. The van der Waals surface area contributed by atoms with Gasteiger partial charge >= 0.3 is 0 Å². The summed E-state index contributed by atoms with van der Waals surface area (Å²) in [5.41, 5.74) is 5.50. The number of aromatic nitrogens is 1. The maximum atomic E-state index is 13.6. The fraction of sp³-hybridized carbons (Fsp3) is 0.0833. The quantitative estimate of drug-likeness (QED) is 0.945. The number of hydrogen-bond acceptors (Lipinski definition) is 4. The fourth-order valence-corrected chi connectivity index (χ4v) is 3.36. The molecule has 2 rings (SSSR count). The van der Waals surface area contributed by atoms with Crippen LogP contribution in [0.15, 0.2) is 41.6 Å². The average molecular weight is 301 g/mol. The van der Waals surface area contributed by atoms with Gasteiger partial charge in [-0.15, -0.1) is 0 Å². The van der Waals surface area contributed by atoms with Gasteiger partial charge in [-0.05, 0) is 24.3 Å². The zero-order valence-corrected chi connectivity index (χ0v) is 11.2. The lowest BCUT2D eigenvalue weighted by Crippen LogP contribution is -2.11. The lowest BCUT2D eigenvalue weighted by molar-refractivity contribution is 0.584. The van der Waals surface area contributed by atoms with Crippen molar-refractivity contribution in [2.45, 2.75) is 10.8 Å². The van der Waals surface area contributed by atoms with Gasteiger partial charge in [0, 0.05) is 16.8 Å². The third-order valence-electron chi connectivity index (χ3n) is 2.49. The van der Waals surface area contributed by atoms with Crippen molar-refractivity contribution in [2.24, 2.45) is 0 Å². The Labute approximate surface area is 115 Å². The topological polar surface area (TPSA) is 73.0 Å². The van der Waals surface area contributed by atoms with Gasteiger partial charge in [0.15, 0.2) is 5.03 Å². The number of benzene rings is 1. The van der Waals surface area contributed by atoms with Gasteiger partial charge < -0.3 is 5.73 Å². The standard InChI is InChI=1S/C12H10ClFN2O2S/c13-9-3-1-4-10(14)8(9)7-19(17,18)12-11(15)5-2-6-16-12/h1-6H,7,15H2. The summed E-state index contributed by atoms with van der Waals surface area (Å²) in [7, 11) is -3.85. The average Bonchev–Trinajstić information content (AvgIpc) is 2.34. The number of sulfone groups is 1. The molecule has 0 aliphatic carbocycles. The molecule has 100 valence electrons. The van der Waals surface area contributed by atoms with Gasteiger partial charge in [-0.3, -0.25) is 0 Å². The van der Waals surface area contributed by atoms with E-state index in [1.807, 2.05) is 0 Å². The Morgan fingerprint density at radius 1 is 1.26 bits per heavy atom. The van der Waals surface area contributed by atoms with Crippen molar-refractivity contribution in [1.82, 2.24) is 4.98 Å². The Bertz CT molecular complexity index is 699. The minimum absolute atomic E-state index is 0.0231.